The van der Waals surface area contributed by atoms with Gasteiger partial charge in [-0.15, -0.1) is 5.10 Å². The van der Waals surface area contributed by atoms with E-state index in [0.29, 0.717) is 5.69 Å². The molecule has 2 aromatic heterocycles. The first-order valence-electron chi connectivity index (χ1n) is 6.36. The number of para-hydroxylation sites is 1. The Morgan fingerprint density at radius 1 is 1.26 bits per heavy atom. The van der Waals surface area contributed by atoms with Gasteiger partial charge in [-0.25, -0.2) is 4.68 Å². The van der Waals surface area contributed by atoms with E-state index in [1.54, 1.807) is 4.68 Å². The Balaban J connectivity index is 2.26. The van der Waals surface area contributed by atoms with Crippen molar-refractivity contribution in [3.8, 4) is 5.82 Å². The Labute approximate surface area is 110 Å². The summed E-state index contributed by atoms with van der Waals surface area (Å²) in [6.07, 6.45) is 0.986. The SMILES string of the molecule is CCCn1nc(C)c(N)c1-n1nnc2ccccc21. The lowest BCUT2D eigenvalue weighted by Crippen LogP contribution is -2.10. The minimum absolute atomic E-state index is 0.657. The summed E-state index contributed by atoms with van der Waals surface area (Å²) < 4.78 is 3.66. The van der Waals surface area contributed by atoms with Crippen LogP contribution < -0.4 is 5.73 Å². The third kappa shape index (κ3) is 1.76. The molecule has 0 aliphatic carbocycles. The first kappa shape index (κ1) is 11.7. The Kier molecular flexibility index (Phi) is 2.70. The summed E-state index contributed by atoms with van der Waals surface area (Å²) in [5, 5.41) is 12.8. The number of hydrogen-bond acceptors (Lipinski definition) is 4. The fourth-order valence-corrected chi connectivity index (χ4v) is 2.20. The zero-order valence-electron chi connectivity index (χ0n) is 11.0. The number of rotatable bonds is 3. The molecule has 98 valence electrons. The smallest absolute Gasteiger partial charge is 0.177 e. The molecule has 0 bridgehead atoms. The molecule has 0 aliphatic heterocycles. The van der Waals surface area contributed by atoms with Gasteiger partial charge in [-0.05, 0) is 25.5 Å². The van der Waals surface area contributed by atoms with Crippen LogP contribution in [0.3, 0.4) is 0 Å². The van der Waals surface area contributed by atoms with Crippen molar-refractivity contribution in [1.29, 1.82) is 0 Å². The van der Waals surface area contributed by atoms with Gasteiger partial charge in [0.05, 0.1) is 16.9 Å². The molecular formula is C13H16N6. The van der Waals surface area contributed by atoms with E-state index in [-0.39, 0.29) is 0 Å². The summed E-state index contributed by atoms with van der Waals surface area (Å²) >= 11 is 0. The Hall–Kier alpha value is -2.37. The second-order valence-electron chi connectivity index (χ2n) is 4.54. The van der Waals surface area contributed by atoms with Gasteiger partial charge in [0.2, 0.25) is 0 Å². The highest BCUT2D eigenvalue weighted by atomic mass is 15.5. The number of benzene rings is 1. The topological polar surface area (TPSA) is 74.6 Å². The van der Waals surface area contributed by atoms with Crippen LogP contribution in [0.15, 0.2) is 24.3 Å². The summed E-state index contributed by atoms with van der Waals surface area (Å²) in [5.41, 5.74) is 9.41. The molecule has 3 rings (SSSR count). The molecule has 0 amide bonds. The van der Waals surface area contributed by atoms with Crippen molar-refractivity contribution in [2.45, 2.75) is 26.8 Å². The number of aryl methyl sites for hydroxylation is 2. The highest BCUT2D eigenvalue weighted by Gasteiger charge is 2.17. The highest BCUT2D eigenvalue weighted by Crippen LogP contribution is 2.24. The summed E-state index contributed by atoms with van der Waals surface area (Å²) in [6.45, 7) is 4.82. The maximum absolute atomic E-state index is 6.14. The van der Waals surface area contributed by atoms with E-state index in [4.69, 9.17) is 5.73 Å². The molecule has 0 radical (unpaired) electrons. The Morgan fingerprint density at radius 2 is 2.05 bits per heavy atom. The molecule has 3 aromatic rings. The molecule has 0 saturated heterocycles. The van der Waals surface area contributed by atoms with Crippen LogP contribution in [0.1, 0.15) is 19.0 Å². The van der Waals surface area contributed by atoms with Crippen LogP contribution in [0.4, 0.5) is 5.69 Å². The maximum Gasteiger partial charge on any atom is 0.177 e. The predicted octanol–water partition coefficient (Wildman–Crippen LogP) is 1.92. The van der Waals surface area contributed by atoms with Gasteiger partial charge in [0, 0.05) is 6.54 Å². The second kappa shape index (κ2) is 4.38. The average molecular weight is 256 g/mol. The molecule has 2 heterocycles. The van der Waals surface area contributed by atoms with Crippen molar-refractivity contribution < 1.29 is 0 Å². The van der Waals surface area contributed by atoms with Crippen LogP contribution in [-0.2, 0) is 6.54 Å². The molecule has 0 unspecified atom stereocenters. The molecule has 1 aromatic carbocycles. The van der Waals surface area contributed by atoms with E-state index < -0.39 is 0 Å². The molecule has 0 fully saturated rings. The first-order valence-corrected chi connectivity index (χ1v) is 6.36. The number of aromatic nitrogens is 5. The van der Waals surface area contributed by atoms with Crippen molar-refractivity contribution >= 4 is 16.7 Å². The lowest BCUT2D eigenvalue weighted by Gasteiger charge is -2.07. The largest absolute Gasteiger partial charge is 0.394 e. The molecule has 6 heteroatoms. The number of fused-ring (bicyclic) bond motifs is 1. The number of nitrogens with zero attached hydrogens (tertiary/aromatic N) is 5. The van der Waals surface area contributed by atoms with Crippen molar-refractivity contribution in [3.05, 3.63) is 30.0 Å². The number of anilines is 1. The van der Waals surface area contributed by atoms with Crippen molar-refractivity contribution in [2.75, 3.05) is 5.73 Å². The normalized spacial score (nSPS) is 11.3. The summed E-state index contributed by atoms with van der Waals surface area (Å²) in [4.78, 5) is 0. The number of hydrogen-bond donors (Lipinski definition) is 1. The van der Waals surface area contributed by atoms with E-state index in [1.807, 2.05) is 35.9 Å². The molecule has 2 N–H and O–H groups in total. The quantitative estimate of drug-likeness (QED) is 0.776. The third-order valence-electron chi connectivity index (χ3n) is 3.13. The predicted molar refractivity (Wildman–Crippen MR) is 74.1 cm³/mol. The fourth-order valence-electron chi connectivity index (χ4n) is 2.20. The monoisotopic (exact) mass is 256 g/mol. The standard InChI is InChI=1S/C13H16N6/c1-3-8-18-13(12(14)9(2)16-18)19-11-7-5-4-6-10(11)15-17-19/h4-7H,3,8,14H2,1-2H3. The molecule has 19 heavy (non-hydrogen) atoms. The van der Waals surface area contributed by atoms with E-state index in [0.717, 1.165) is 35.5 Å². The van der Waals surface area contributed by atoms with Crippen LogP contribution in [0.25, 0.3) is 16.9 Å². The lowest BCUT2D eigenvalue weighted by molar-refractivity contribution is 0.573. The minimum atomic E-state index is 0.657. The minimum Gasteiger partial charge on any atom is -0.394 e. The van der Waals surface area contributed by atoms with Crippen LogP contribution in [0, 0.1) is 6.92 Å². The molecule has 0 aliphatic rings. The molecule has 6 nitrogen and oxygen atoms in total. The van der Waals surface area contributed by atoms with Gasteiger partial charge < -0.3 is 5.73 Å². The van der Waals surface area contributed by atoms with E-state index in [1.165, 1.54) is 0 Å². The van der Waals surface area contributed by atoms with E-state index in [9.17, 15) is 0 Å². The van der Waals surface area contributed by atoms with Gasteiger partial charge in [-0.3, -0.25) is 0 Å². The van der Waals surface area contributed by atoms with Crippen LogP contribution in [0.5, 0.6) is 0 Å². The molecule has 0 spiro atoms. The Morgan fingerprint density at radius 3 is 2.84 bits per heavy atom. The number of nitrogens with two attached hydrogens (primary N) is 1. The van der Waals surface area contributed by atoms with E-state index in [2.05, 4.69) is 22.3 Å². The summed E-state index contributed by atoms with van der Waals surface area (Å²) in [6, 6.07) is 7.82. The van der Waals surface area contributed by atoms with Gasteiger partial charge in [0.25, 0.3) is 0 Å². The maximum atomic E-state index is 6.14. The fraction of sp³-hybridized carbons (Fsp3) is 0.308. The van der Waals surface area contributed by atoms with Crippen LogP contribution in [0.2, 0.25) is 0 Å². The van der Waals surface area contributed by atoms with Crippen molar-refractivity contribution in [2.24, 2.45) is 0 Å². The first-order chi connectivity index (χ1) is 9.22. The third-order valence-corrected chi connectivity index (χ3v) is 3.13. The van der Waals surface area contributed by atoms with Crippen LogP contribution >= 0.6 is 0 Å². The number of nitrogen functional groups attached to an aromatic ring is 1. The Bertz CT molecular complexity index is 724. The van der Waals surface area contributed by atoms with Gasteiger partial charge >= 0.3 is 0 Å². The lowest BCUT2D eigenvalue weighted by atomic mass is 10.3. The highest BCUT2D eigenvalue weighted by molar-refractivity contribution is 5.77. The molecule has 0 saturated carbocycles. The van der Waals surface area contributed by atoms with Crippen molar-refractivity contribution in [3.63, 3.8) is 0 Å². The van der Waals surface area contributed by atoms with Gasteiger partial charge in [-0.1, -0.05) is 24.3 Å². The van der Waals surface area contributed by atoms with Gasteiger partial charge in [0.15, 0.2) is 5.82 Å². The molecular weight excluding hydrogens is 240 g/mol. The summed E-state index contributed by atoms with van der Waals surface area (Å²) in [7, 11) is 0. The second-order valence-corrected chi connectivity index (χ2v) is 4.54. The zero-order valence-corrected chi connectivity index (χ0v) is 11.0. The summed E-state index contributed by atoms with van der Waals surface area (Å²) in [5.74, 6) is 0.799. The van der Waals surface area contributed by atoms with Gasteiger partial charge in [-0.2, -0.15) is 9.78 Å². The van der Waals surface area contributed by atoms with Gasteiger partial charge in [0.1, 0.15) is 5.52 Å². The van der Waals surface area contributed by atoms with Crippen LogP contribution in [-0.4, -0.2) is 24.8 Å². The van der Waals surface area contributed by atoms with Crippen molar-refractivity contribution in [1.82, 2.24) is 24.8 Å². The average Bonchev–Trinajstić information content (AvgIpc) is 2.93. The molecule has 0 atom stereocenters. The van der Waals surface area contributed by atoms with E-state index >= 15 is 0 Å². The zero-order chi connectivity index (χ0) is 13.4.